The third-order valence-corrected chi connectivity index (χ3v) is 2.85. The molecule has 0 radical (unpaired) electrons. The van der Waals surface area contributed by atoms with Crippen LogP contribution < -0.4 is 10.6 Å². The number of nitrogens with one attached hydrogen (secondary N) is 2. The summed E-state index contributed by atoms with van der Waals surface area (Å²) in [6.07, 6.45) is 0. The van der Waals surface area contributed by atoms with E-state index in [0.29, 0.717) is 16.8 Å². The lowest BCUT2D eigenvalue weighted by molar-refractivity contribution is -0.120. The van der Waals surface area contributed by atoms with Gasteiger partial charge in [0.15, 0.2) is 0 Å². The highest BCUT2D eigenvalue weighted by molar-refractivity contribution is 9.10. The normalized spacial score (nSPS) is 12.0. The molecule has 0 fully saturated rings. The molecule has 0 saturated carbocycles. The van der Waals surface area contributed by atoms with Gasteiger partial charge < -0.3 is 15.4 Å². The monoisotopic (exact) mass is 318 g/mol. The number of methoxy groups -OCH3 is 1. The van der Waals surface area contributed by atoms with Gasteiger partial charge >= 0.3 is 0 Å². The van der Waals surface area contributed by atoms with Crippen molar-refractivity contribution in [3.8, 4) is 0 Å². The van der Waals surface area contributed by atoms with Crippen molar-refractivity contribution in [2.45, 2.75) is 13.0 Å². The molecule has 100 valence electrons. The molecule has 0 aliphatic rings. The summed E-state index contributed by atoms with van der Waals surface area (Å²) in [4.78, 5) is 11.6. The van der Waals surface area contributed by atoms with Crippen molar-refractivity contribution in [1.29, 1.82) is 0 Å². The first kappa shape index (κ1) is 14.9. The Morgan fingerprint density at radius 1 is 1.56 bits per heavy atom. The van der Waals surface area contributed by atoms with E-state index in [1.165, 1.54) is 12.1 Å². The van der Waals surface area contributed by atoms with Gasteiger partial charge in [-0.25, -0.2) is 4.39 Å². The van der Waals surface area contributed by atoms with Crippen LogP contribution in [-0.2, 0) is 9.53 Å². The molecule has 0 bridgehead atoms. The molecule has 0 spiro atoms. The van der Waals surface area contributed by atoms with Gasteiger partial charge in [0.25, 0.3) is 0 Å². The van der Waals surface area contributed by atoms with Crippen molar-refractivity contribution in [2.75, 3.05) is 25.6 Å². The summed E-state index contributed by atoms with van der Waals surface area (Å²) >= 11 is 3.22. The van der Waals surface area contributed by atoms with Gasteiger partial charge in [0.1, 0.15) is 5.82 Å². The van der Waals surface area contributed by atoms with Gasteiger partial charge in [-0.15, -0.1) is 0 Å². The molecule has 4 nitrogen and oxygen atoms in total. The Morgan fingerprint density at radius 3 is 2.89 bits per heavy atom. The van der Waals surface area contributed by atoms with Crippen LogP contribution in [0.15, 0.2) is 22.7 Å². The van der Waals surface area contributed by atoms with Crippen LogP contribution in [0.3, 0.4) is 0 Å². The molecule has 1 atom stereocenters. The molecule has 0 aliphatic heterocycles. The van der Waals surface area contributed by atoms with Crippen LogP contribution in [0.2, 0.25) is 0 Å². The van der Waals surface area contributed by atoms with E-state index < -0.39 is 0 Å². The lowest BCUT2D eigenvalue weighted by Gasteiger charge is -2.14. The average molecular weight is 319 g/mol. The zero-order valence-corrected chi connectivity index (χ0v) is 11.9. The standard InChI is InChI=1S/C12H16BrFN2O2/c1-8(7-18-2)16-12(17)6-15-11-4-3-9(14)5-10(11)13/h3-5,8,15H,6-7H2,1-2H3,(H,16,17). The van der Waals surface area contributed by atoms with Gasteiger partial charge in [0.2, 0.25) is 5.91 Å². The molecule has 1 amide bonds. The predicted octanol–water partition coefficient (Wildman–Crippen LogP) is 2.15. The van der Waals surface area contributed by atoms with Crippen molar-refractivity contribution in [2.24, 2.45) is 0 Å². The summed E-state index contributed by atoms with van der Waals surface area (Å²) < 4.78 is 18.4. The second kappa shape index (κ2) is 7.33. The fourth-order valence-corrected chi connectivity index (χ4v) is 1.92. The maximum Gasteiger partial charge on any atom is 0.239 e. The van der Waals surface area contributed by atoms with E-state index in [9.17, 15) is 9.18 Å². The largest absolute Gasteiger partial charge is 0.383 e. The SMILES string of the molecule is COCC(C)NC(=O)CNc1ccc(F)cc1Br. The summed E-state index contributed by atoms with van der Waals surface area (Å²) in [6, 6.07) is 4.21. The van der Waals surface area contributed by atoms with Gasteiger partial charge in [-0.3, -0.25) is 4.79 Å². The summed E-state index contributed by atoms with van der Waals surface area (Å²) in [5.74, 6) is -0.471. The van der Waals surface area contributed by atoms with E-state index in [4.69, 9.17) is 4.74 Å². The molecule has 0 heterocycles. The second-order valence-electron chi connectivity index (χ2n) is 3.90. The number of hydrogen-bond acceptors (Lipinski definition) is 3. The number of ether oxygens (including phenoxy) is 1. The van der Waals surface area contributed by atoms with Gasteiger partial charge in [-0.2, -0.15) is 0 Å². The number of carbonyl (C=O) groups is 1. The number of hydrogen-bond donors (Lipinski definition) is 2. The van der Waals surface area contributed by atoms with Crippen molar-refractivity contribution in [1.82, 2.24) is 5.32 Å². The maximum atomic E-state index is 12.9. The van der Waals surface area contributed by atoms with Gasteiger partial charge in [0.05, 0.1) is 13.2 Å². The van der Waals surface area contributed by atoms with Gasteiger partial charge in [-0.05, 0) is 41.1 Å². The van der Waals surface area contributed by atoms with Gasteiger partial charge in [-0.1, -0.05) is 0 Å². The summed E-state index contributed by atoms with van der Waals surface area (Å²) in [6.45, 7) is 2.44. The number of carbonyl (C=O) groups excluding carboxylic acids is 1. The van der Waals surface area contributed by atoms with E-state index in [1.54, 1.807) is 13.2 Å². The molecular formula is C12H16BrFN2O2. The quantitative estimate of drug-likeness (QED) is 0.845. The number of benzene rings is 1. The Morgan fingerprint density at radius 2 is 2.28 bits per heavy atom. The fourth-order valence-electron chi connectivity index (χ4n) is 1.43. The smallest absolute Gasteiger partial charge is 0.239 e. The molecule has 0 saturated heterocycles. The Hall–Kier alpha value is -1.14. The van der Waals surface area contributed by atoms with Crippen LogP contribution in [0.25, 0.3) is 0 Å². The van der Waals surface area contributed by atoms with Crippen LogP contribution in [0.5, 0.6) is 0 Å². The zero-order chi connectivity index (χ0) is 13.5. The number of rotatable bonds is 6. The van der Waals surface area contributed by atoms with Crippen LogP contribution in [0.4, 0.5) is 10.1 Å². The highest BCUT2D eigenvalue weighted by Gasteiger charge is 2.07. The molecule has 1 rings (SSSR count). The number of halogens is 2. The van der Waals surface area contributed by atoms with Crippen LogP contribution in [-0.4, -0.2) is 32.2 Å². The van der Waals surface area contributed by atoms with E-state index >= 15 is 0 Å². The molecule has 0 aliphatic carbocycles. The highest BCUT2D eigenvalue weighted by Crippen LogP contribution is 2.22. The van der Waals surface area contributed by atoms with Crippen molar-refractivity contribution < 1.29 is 13.9 Å². The fraction of sp³-hybridized carbons (Fsp3) is 0.417. The Labute approximate surface area is 114 Å². The van der Waals surface area contributed by atoms with Crippen molar-refractivity contribution in [3.05, 3.63) is 28.5 Å². The Kier molecular flexibility index (Phi) is 6.07. The minimum absolute atomic E-state index is 0.0408. The first-order chi connectivity index (χ1) is 8.52. The van der Waals surface area contributed by atoms with E-state index in [0.717, 1.165) is 0 Å². The zero-order valence-electron chi connectivity index (χ0n) is 10.3. The molecule has 6 heteroatoms. The number of anilines is 1. The van der Waals surface area contributed by atoms with Gasteiger partial charge in [0, 0.05) is 23.3 Å². The van der Waals surface area contributed by atoms with E-state index in [-0.39, 0.29) is 24.3 Å². The molecule has 2 N–H and O–H groups in total. The second-order valence-corrected chi connectivity index (χ2v) is 4.76. The summed E-state index contributed by atoms with van der Waals surface area (Å²) in [5.41, 5.74) is 0.672. The molecule has 18 heavy (non-hydrogen) atoms. The van der Waals surface area contributed by atoms with Crippen LogP contribution in [0, 0.1) is 5.82 Å². The minimum atomic E-state index is -0.328. The van der Waals surface area contributed by atoms with Crippen LogP contribution >= 0.6 is 15.9 Å². The average Bonchev–Trinajstić information content (AvgIpc) is 2.28. The van der Waals surface area contributed by atoms with Crippen molar-refractivity contribution >= 4 is 27.5 Å². The Balaban J connectivity index is 2.42. The summed E-state index contributed by atoms with van der Waals surface area (Å²) in [7, 11) is 1.58. The van der Waals surface area contributed by atoms with E-state index in [1.807, 2.05) is 6.92 Å². The molecule has 1 aromatic carbocycles. The molecule has 0 aromatic heterocycles. The van der Waals surface area contributed by atoms with Crippen LogP contribution in [0.1, 0.15) is 6.92 Å². The Bertz CT molecular complexity index is 415. The predicted molar refractivity (Wildman–Crippen MR) is 72.1 cm³/mol. The number of amides is 1. The van der Waals surface area contributed by atoms with Crippen molar-refractivity contribution in [3.63, 3.8) is 0 Å². The summed E-state index contributed by atoms with van der Waals surface area (Å²) in [5, 5.41) is 5.69. The molecular weight excluding hydrogens is 303 g/mol. The molecule has 1 aromatic rings. The first-order valence-electron chi connectivity index (χ1n) is 5.50. The maximum absolute atomic E-state index is 12.9. The highest BCUT2D eigenvalue weighted by atomic mass is 79.9. The molecule has 1 unspecified atom stereocenters. The topological polar surface area (TPSA) is 50.4 Å². The van der Waals surface area contributed by atoms with E-state index in [2.05, 4.69) is 26.6 Å². The lowest BCUT2D eigenvalue weighted by atomic mass is 10.3. The minimum Gasteiger partial charge on any atom is -0.383 e. The first-order valence-corrected chi connectivity index (χ1v) is 6.29. The third-order valence-electron chi connectivity index (χ3n) is 2.19. The lowest BCUT2D eigenvalue weighted by Crippen LogP contribution is -2.39. The third kappa shape index (κ3) is 5.01.